The summed E-state index contributed by atoms with van der Waals surface area (Å²) in [5.41, 5.74) is 0. The average molecular weight is 332 g/mol. The molecule has 0 fully saturated rings. The lowest BCUT2D eigenvalue weighted by Crippen LogP contribution is -2.03. The van der Waals surface area contributed by atoms with Crippen molar-refractivity contribution in [3.8, 4) is 0 Å². The molecule has 0 bridgehead atoms. The number of aromatic nitrogens is 8. The van der Waals surface area contributed by atoms with Crippen LogP contribution in [0.3, 0.4) is 0 Å². The van der Waals surface area contributed by atoms with Gasteiger partial charge in [0.2, 0.25) is 0 Å². The molecule has 8 heteroatoms. The zero-order chi connectivity index (χ0) is 17.9. The van der Waals surface area contributed by atoms with E-state index in [9.17, 15) is 0 Å². The van der Waals surface area contributed by atoms with Crippen molar-refractivity contribution in [3.63, 3.8) is 0 Å². The molecule has 0 aliphatic heterocycles. The van der Waals surface area contributed by atoms with Gasteiger partial charge < -0.3 is 0 Å². The van der Waals surface area contributed by atoms with Crippen molar-refractivity contribution in [1.29, 1.82) is 0 Å². The largest absolute Gasteiger partial charge is 0.270 e. The van der Waals surface area contributed by atoms with Crippen LogP contribution in [0.1, 0.15) is 59.7 Å². The summed E-state index contributed by atoms with van der Waals surface area (Å²) in [6.07, 6.45) is 10.4. The lowest BCUT2D eigenvalue weighted by atomic mass is 10.4. The normalized spacial score (nSPS) is 10.4. The van der Waals surface area contributed by atoms with E-state index in [-0.39, 0.29) is 0 Å². The number of nitrogens with zero attached hydrogens (tertiary/aromatic N) is 8. The fourth-order valence-electron chi connectivity index (χ4n) is 1.56. The van der Waals surface area contributed by atoms with Crippen LogP contribution in [0, 0.1) is 0 Å². The Morgan fingerprint density at radius 2 is 1.29 bits per heavy atom. The molecule has 0 aliphatic rings. The third-order valence-electron chi connectivity index (χ3n) is 2.92. The van der Waals surface area contributed by atoms with Gasteiger partial charge in [-0.2, -0.15) is 25.2 Å². The summed E-state index contributed by atoms with van der Waals surface area (Å²) in [5.74, 6) is 0. The van der Waals surface area contributed by atoms with Gasteiger partial charge in [0.05, 0.1) is 18.4 Å². The zero-order valence-corrected chi connectivity index (χ0v) is 15.4. The van der Waals surface area contributed by atoms with E-state index >= 15 is 0 Å². The molecule has 3 aromatic rings. The second-order valence-electron chi connectivity index (χ2n) is 5.99. The van der Waals surface area contributed by atoms with Crippen LogP contribution in [-0.2, 0) is 0 Å². The smallest absolute Gasteiger partial charge is 0.137 e. The molecular formula is C16H28N8. The van der Waals surface area contributed by atoms with Crippen LogP contribution in [-0.4, -0.2) is 39.5 Å². The Morgan fingerprint density at radius 3 is 1.54 bits per heavy atom. The van der Waals surface area contributed by atoms with Crippen molar-refractivity contribution in [1.82, 2.24) is 39.5 Å². The van der Waals surface area contributed by atoms with Crippen LogP contribution in [0.15, 0.2) is 43.5 Å². The Kier molecular flexibility index (Phi) is 8.38. The fourth-order valence-corrected chi connectivity index (χ4v) is 1.56. The summed E-state index contributed by atoms with van der Waals surface area (Å²) in [7, 11) is 0. The highest BCUT2D eigenvalue weighted by Gasteiger charge is 1.94. The molecule has 0 amide bonds. The molecule has 0 radical (unpaired) electrons. The highest BCUT2D eigenvalue weighted by molar-refractivity contribution is 4.79. The van der Waals surface area contributed by atoms with E-state index in [0.717, 1.165) is 0 Å². The predicted octanol–water partition coefficient (Wildman–Crippen LogP) is 3.18. The van der Waals surface area contributed by atoms with Crippen LogP contribution in [0.2, 0.25) is 0 Å². The molecule has 8 nitrogen and oxygen atoms in total. The minimum Gasteiger partial charge on any atom is -0.270 e. The molecule has 0 saturated heterocycles. The van der Waals surface area contributed by atoms with Gasteiger partial charge in [-0.3, -0.25) is 9.36 Å². The SMILES string of the molecule is CC(C)n1cccn1.CC(C)n1cncn1.CC(C)n1nccn1. The molecule has 0 atom stereocenters. The first kappa shape index (κ1) is 19.5. The molecule has 132 valence electrons. The molecule has 0 aliphatic carbocycles. The Morgan fingerprint density at radius 1 is 0.667 bits per heavy atom. The molecule has 0 N–H and O–H groups in total. The van der Waals surface area contributed by atoms with Crippen LogP contribution >= 0.6 is 0 Å². The predicted molar refractivity (Wildman–Crippen MR) is 93.4 cm³/mol. The second kappa shape index (κ2) is 10.3. The first-order chi connectivity index (χ1) is 11.4. The monoisotopic (exact) mass is 332 g/mol. The molecule has 3 rings (SSSR count). The Bertz CT molecular complexity index is 518. The topological polar surface area (TPSA) is 79.2 Å². The molecule has 24 heavy (non-hydrogen) atoms. The summed E-state index contributed by atoms with van der Waals surface area (Å²) in [4.78, 5) is 5.46. The minimum absolute atomic E-state index is 0.380. The minimum atomic E-state index is 0.380. The van der Waals surface area contributed by atoms with Gasteiger partial charge >= 0.3 is 0 Å². The van der Waals surface area contributed by atoms with Gasteiger partial charge in [0.1, 0.15) is 12.7 Å². The van der Waals surface area contributed by atoms with Crippen LogP contribution in [0.25, 0.3) is 0 Å². The van der Waals surface area contributed by atoms with E-state index in [4.69, 9.17) is 0 Å². The molecule has 0 saturated carbocycles. The molecule has 0 aromatic carbocycles. The van der Waals surface area contributed by atoms with Crippen LogP contribution in [0.5, 0.6) is 0 Å². The van der Waals surface area contributed by atoms with Crippen molar-refractivity contribution in [2.24, 2.45) is 0 Å². The van der Waals surface area contributed by atoms with Gasteiger partial charge in [-0.25, -0.2) is 4.98 Å². The summed E-state index contributed by atoms with van der Waals surface area (Å²) in [5, 5.41) is 15.8. The highest BCUT2D eigenvalue weighted by Crippen LogP contribution is 1.98. The second-order valence-corrected chi connectivity index (χ2v) is 5.99. The summed E-state index contributed by atoms with van der Waals surface area (Å²) >= 11 is 0. The van der Waals surface area contributed by atoms with Gasteiger partial charge in [0, 0.05) is 24.5 Å². The summed E-state index contributed by atoms with van der Waals surface area (Å²) < 4.78 is 3.72. The fraction of sp³-hybridized carbons (Fsp3) is 0.562. The Labute approximate surface area is 143 Å². The third kappa shape index (κ3) is 7.17. The number of rotatable bonds is 3. The van der Waals surface area contributed by atoms with E-state index in [1.807, 2.05) is 30.8 Å². The Balaban J connectivity index is 0.000000180. The van der Waals surface area contributed by atoms with Crippen molar-refractivity contribution < 1.29 is 0 Å². The molecule has 0 spiro atoms. The van der Waals surface area contributed by atoms with Crippen molar-refractivity contribution in [2.45, 2.75) is 59.7 Å². The standard InChI is InChI=1S/C6H10N2.2C5H9N3/c1-6(2)8-5-3-4-7-8;1-5(2)8-4-6-3-7-8;1-5(2)8-6-3-4-7-8/h3-6H,1-2H3;2*3-5H,1-2H3. The van der Waals surface area contributed by atoms with Gasteiger partial charge in [-0.05, 0) is 47.6 Å². The molecule has 3 aromatic heterocycles. The summed E-state index contributed by atoms with van der Waals surface area (Å²) in [6, 6.07) is 3.23. The average Bonchev–Trinajstić information content (AvgIpc) is 3.29. The number of hydrogen-bond donors (Lipinski definition) is 0. The third-order valence-corrected chi connectivity index (χ3v) is 2.92. The molecular weight excluding hydrogens is 304 g/mol. The highest BCUT2D eigenvalue weighted by atomic mass is 15.5. The van der Waals surface area contributed by atoms with Gasteiger partial charge in [0.15, 0.2) is 0 Å². The first-order valence-electron chi connectivity index (χ1n) is 8.10. The van der Waals surface area contributed by atoms with Gasteiger partial charge in [-0.1, -0.05) is 0 Å². The van der Waals surface area contributed by atoms with Crippen molar-refractivity contribution in [3.05, 3.63) is 43.5 Å². The molecule has 0 unspecified atom stereocenters. The lowest BCUT2D eigenvalue weighted by Gasteiger charge is -2.01. The van der Waals surface area contributed by atoms with E-state index in [1.54, 1.807) is 40.7 Å². The maximum atomic E-state index is 4.03. The van der Waals surface area contributed by atoms with Crippen LogP contribution < -0.4 is 0 Å². The maximum Gasteiger partial charge on any atom is 0.137 e. The van der Waals surface area contributed by atoms with Gasteiger partial charge in [-0.15, -0.1) is 0 Å². The molecule has 3 heterocycles. The number of hydrogen-bond acceptors (Lipinski definition) is 5. The van der Waals surface area contributed by atoms with E-state index in [2.05, 4.69) is 53.1 Å². The van der Waals surface area contributed by atoms with Crippen molar-refractivity contribution in [2.75, 3.05) is 0 Å². The zero-order valence-electron chi connectivity index (χ0n) is 15.4. The quantitative estimate of drug-likeness (QED) is 0.736. The first-order valence-corrected chi connectivity index (χ1v) is 8.10. The van der Waals surface area contributed by atoms with E-state index in [0.29, 0.717) is 18.1 Å². The lowest BCUT2D eigenvalue weighted by molar-refractivity contribution is 0.466. The van der Waals surface area contributed by atoms with Crippen LogP contribution in [0.4, 0.5) is 0 Å². The Hall–Kier alpha value is -2.51. The van der Waals surface area contributed by atoms with Gasteiger partial charge in [0.25, 0.3) is 0 Å². The maximum absolute atomic E-state index is 4.03. The van der Waals surface area contributed by atoms with Crippen molar-refractivity contribution >= 4 is 0 Å². The van der Waals surface area contributed by atoms with E-state index in [1.165, 1.54) is 0 Å². The van der Waals surface area contributed by atoms with E-state index < -0.39 is 0 Å². The summed E-state index contributed by atoms with van der Waals surface area (Å²) in [6.45, 7) is 12.4.